The maximum Gasteiger partial charge on any atom is 0.472 e. The van der Waals surface area contributed by atoms with Gasteiger partial charge in [0.15, 0.2) is 6.10 Å². The molecule has 0 aliphatic heterocycles. The van der Waals surface area contributed by atoms with E-state index in [2.05, 4.69) is 73.8 Å². The van der Waals surface area contributed by atoms with E-state index in [4.69, 9.17) is 18.5 Å². The van der Waals surface area contributed by atoms with Crippen LogP contribution in [0.2, 0.25) is 0 Å². The first-order valence-corrected chi connectivity index (χ1v) is 25.3. The zero-order valence-electron chi connectivity index (χ0n) is 39.3. The molecule has 9 atom stereocenters. The van der Waals surface area contributed by atoms with Gasteiger partial charge >= 0.3 is 19.8 Å². The number of hydrogen-bond acceptors (Lipinski definition) is 13. The Morgan fingerprint density at radius 1 is 0.545 bits per heavy atom. The van der Waals surface area contributed by atoms with Crippen molar-refractivity contribution in [1.82, 2.24) is 0 Å². The van der Waals surface area contributed by atoms with Crippen molar-refractivity contribution in [3.8, 4) is 0 Å². The molecule has 0 saturated heterocycles. The van der Waals surface area contributed by atoms with Gasteiger partial charge in [-0.1, -0.05) is 149 Å². The molecule has 66 heavy (non-hydrogen) atoms. The number of aliphatic hydroxyl groups excluding tert-OH is 6. The zero-order chi connectivity index (χ0) is 48.7. The lowest BCUT2D eigenvalue weighted by atomic mass is 9.85. The first kappa shape index (κ1) is 60.5. The van der Waals surface area contributed by atoms with E-state index in [-0.39, 0.29) is 12.8 Å². The van der Waals surface area contributed by atoms with Gasteiger partial charge in [-0.3, -0.25) is 18.6 Å². The highest BCUT2D eigenvalue weighted by Crippen LogP contribution is 2.47. The maximum atomic E-state index is 12.8. The molecule has 1 aliphatic carbocycles. The van der Waals surface area contributed by atoms with Gasteiger partial charge in [-0.05, 0) is 83.5 Å². The number of carbonyl (C=O) groups excluding carboxylic acids is 2. The molecule has 0 radical (unpaired) electrons. The second-order valence-corrected chi connectivity index (χ2v) is 17.5. The molecule has 0 bridgehead atoms. The molecule has 14 nitrogen and oxygen atoms in total. The first-order chi connectivity index (χ1) is 31.8. The quantitative estimate of drug-likeness (QED) is 0.0102. The fourth-order valence-electron chi connectivity index (χ4n) is 6.32. The van der Waals surface area contributed by atoms with Gasteiger partial charge in [0.05, 0.1) is 12.7 Å². The second-order valence-electron chi connectivity index (χ2n) is 16.0. The minimum Gasteiger partial charge on any atom is -0.462 e. The first-order valence-electron chi connectivity index (χ1n) is 23.8. The zero-order valence-corrected chi connectivity index (χ0v) is 40.2. The third kappa shape index (κ3) is 31.4. The number of carbonyl (C=O) groups is 2. The van der Waals surface area contributed by atoms with Gasteiger partial charge in [-0.25, -0.2) is 4.57 Å². The SMILES string of the molecule is CC/C=C\C/C=C\C/C=C\C/C=C\CCCCCCCCC(=O)OC[C@H](COP(=O)(O)OC1[C@H](O)[C@H](O)C(O)[C@H](O)[C@H]1O)OC(=O)CCC/C=C\C/C=C\C/C=C\C/C=C\C=C\[C@H](O)CC. The third-order valence-corrected chi connectivity index (χ3v) is 11.3. The van der Waals surface area contributed by atoms with Crippen molar-refractivity contribution in [1.29, 1.82) is 0 Å². The summed E-state index contributed by atoms with van der Waals surface area (Å²) in [7, 11) is -5.16. The van der Waals surface area contributed by atoms with Gasteiger partial charge in [0.1, 0.15) is 43.2 Å². The van der Waals surface area contributed by atoms with Crippen molar-refractivity contribution < 1.29 is 68.2 Å². The number of hydrogen-bond donors (Lipinski definition) is 7. The van der Waals surface area contributed by atoms with E-state index in [1.807, 2.05) is 43.4 Å². The van der Waals surface area contributed by atoms with Gasteiger partial charge in [-0.15, -0.1) is 0 Å². The van der Waals surface area contributed by atoms with E-state index < -0.39 is 81.8 Å². The molecule has 7 N–H and O–H groups in total. The minimum absolute atomic E-state index is 0.00582. The Bertz CT molecular complexity index is 1580. The van der Waals surface area contributed by atoms with Crippen LogP contribution < -0.4 is 0 Å². The Balaban J connectivity index is 2.51. The van der Waals surface area contributed by atoms with E-state index in [1.54, 1.807) is 6.08 Å². The van der Waals surface area contributed by atoms with Crippen LogP contribution in [0.4, 0.5) is 0 Å². The topological polar surface area (TPSA) is 230 Å². The molecule has 1 saturated carbocycles. The van der Waals surface area contributed by atoms with Crippen LogP contribution >= 0.6 is 7.82 Å². The third-order valence-electron chi connectivity index (χ3n) is 10.3. The highest BCUT2D eigenvalue weighted by atomic mass is 31.2. The van der Waals surface area contributed by atoms with E-state index in [9.17, 15) is 49.7 Å². The number of phosphoric ester groups is 1. The normalized spacial score (nSPS) is 22.7. The predicted octanol–water partition coefficient (Wildman–Crippen LogP) is 8.58. The second kappa shape index (κ2) is 39.5. The number of phosphoric acid groups is 1. The van der Waals surface area contributed by atoms with Crippen LogP contribution in [0.15, 0.2) is 109 Å². The average Bonchev–Trinajstić information content (AvgIpc) is 3.30. The lowest BCUT2D eigenvalue weighted by Crippen LogP contribution is -2.64. The van der Waals surface area contributed by atoms with Gasteiger partial charge < -0.3 is 45.0 Å². The number of unbranched alkanes of at least 4 members (excludes halogenated alkanes) is 7. The van der Waals surface area contributed by atoms with Crippen molar-refractivity contribution in [2.24, 2.45) is 0 Å². The Labute approximate surface area is 394 Å². The number of rotatable bonds is 37. The number of esters is 2. The monoisotopic (exact) mass is 949 g/mol. The molecular formula is C51H81O14P. The summed E-state index contributed by atoms with van der Waals surface area (Å²) in [6.45, 7) is 2.78. The van der Waals surface area contributed by atoms with E-state index >= 15 is 0 Å². The number of allylic oxidation sites excluding steroid dienone is 17. The van der Waals surface area contributed by atoms with Crippen LogP contribution in [-0.4, -0.2) is 110 Å². The fourth-order valence-corrected chi connectivity index (χ4v) is 7.30. The highest BCUT2D eigenvalue weighted by molar-refractivity contribution is 7.47. The molecule has 1 aliphatic rings. The van der Waals surface area contributed by atoms with E-state index in [1.165, 1.54) is 0 Å². The van der Waals surface area contributed by atoms with Gasteiger partial charge in [0, 0.05) is 12.8 Å². The predicted molar refractivity (Wildman–Crippen MR) is 259 cm³/mol. The van der Waals surface area contributed by atoms with Crippen molar-refractivity contribution in [3.05, 3.63) is 109 Å². The summed E-state index contributed by atoms with van der Waals surface area (Å²) in [6.07, 6.45) is 38.0. The number of aliphatic hydroxyl groups is 6. The molecular weight excluding hydrogens is 868 g/mol. The highest BCUT2D eigenvalue weighted by Gasteiger charge is 2.51. The van der Waals surface area contributed by atoms with Crippen LogP contribution in [0.5, 0.6) is 0 Å². The molecule has 1 fully saturated rings. The molecule has 0 aromatic heterocycles. The summed E-state index contributed by atoms with van der Waals surface area (Å²) in [5.41, 5.74) is 0. The Morgan fingerprint density at radius 3 is 1.55 bits per heavy atom. The van der Waals surface area contributed by atoms with Crippen molar-refractivity contribution in [2.75, 3.05) is 13.2 Å². The van der Waals surface area contributed by atoms with Crippen LogP contribution in [0, 0.1) is 0 Å². The molecule has 3 unspecified atom stereocenters. The lowest BCUT2D eigenvalue weighted by Gasteiger charge is -2.41. The standard InChI is InChI=1S/C51H81O14P/c1-3-5-6-7-8-9-10-11-12-13-14-15-16-20-23-26-29-32-35-38-44(53)62-40-43(41-63-66(60,61)65-51-49(58)47(56)46(55)48(57)50(51)59)64-45(54)39-36-33-30-27-24-21-18-17-19-22-25-28-31-34-37-42(52)4-2/h5-6,8-9,11-12,14-15,18-19,21-22,27-28,30-31,34,37,42-43,46-52,55-59H,3-4,7,10,13,16-17,20,23-26,29,32-33,35-36,38-41H2,1-2H3,(H,60,61)/b6-5-,9-8-,12-11-,15-14-,21-18-,22-19-,30-27-,31-28-,37-34+/t42-,43-,46?,47-,48+,49-,50-,51?/m1/s1. The number of ether oxygens (including phenoxy) is 2. The van der Waals surface area contributed by atoms with Crippen LogP contribution in [-0.2, 0) is 32.7 Å². The molecule has 374 valence electrons. The van der Waals surface area contributed by atoms with Crippen LogP contribution in [0.3, 0.4) is 0 Å². The summed E-state index contributed by atoms with van der Waals surface area (Å²) in [4.78, 5) is 35.7. The van der Waals surface area contributed by atoms with Gasteiger partial charge in [0.2, 0.25) is 0 Å². The smallest absolute Gasteiger partial charge is 0.462 e. The summed E-state index contributed by atoms with van der Waals surface area (Å²) in [5.74, 6) is -1.22. The molecule has 0 spiro atoms. The molecule has 1 rings (SSSR count). The lowest BCUT2D eigenvalue weighted by molar-refractivity contribution is -0.220. The summed E-state index contributed by atoms with van der Waals surface area (Å²) < 4.78 is 33.5. The van der Waals surface area contributed by atoms with E-state index in [0.29, 0.717) is 25.7 Å². The average molecular weight is 949 g/mol. The Morgan fingerprint density at radius 2 is 1.00 bits per heavy atom. The molecule has 0 amide bonds. The Hall–Kier alpha value is -3.53. The Kier molecular flexibility index (Phi) is 36.2. The summed E-state index contributed by atoms with van der Waals surface area (Å²) in [6, 6.07) is 0. The van der Waals surface area contributed by atoms with Crippen molar-refractivity contribution in [3.63, 3.8) is 0 Å². The fraction of sp³-hybridized carbons (Fsp3) is 0.608. The molecule has 0 aromatic rings. The molecule has 0 aromatic carbocycles. The molecule has 0 heterocycles. The van der Waals surface area contributed by atoms with Gasteiger partial charge in [0.25, 0.3) is 0 Å². The minimum atomic E-state index is -5.16. The summed E-state index contributed by atoms with van der Waals surface area (Å²) >= 11 is 0. The van der Waals surface area contributed by atoms with Crippen molar-refractivity contribution >= 4 is 19.8 Å². The van der Waals surface area contributed by atoms with E-state index in [0.717, 1.165) is 83.5 Å². The van der Waals surface area contributed by atoms with Crippen molar-refractivity contribution in [2.45, 2.75) is 185 Å². The largest absolute Gasteiger partial charge is 0.472 e. The maximum absolute atomic E-state index is 12.8. The van der Waals surface area contributed by atoms with Crippen LogP contribution in [0.25, 0.3) is 0 Å². The van der Waals surface area contributed by atoms with Gasteiger partial charge in [-0.2, -0.15) is 0 Å². The molecule has 15 heteroatoms. The van der Waals surface area contributed by atoms with Crippen LogP contribution in [0.1, 0.15) is 136 Å². The summed E-state index contributed by atoms with van der Waals surface area (Å²) in [5, 5.41) is 59.7.